The van der Waals surface area contributed by atoms with E-state index in [-0.39, 0.29) is 35.5 Å². The second kappa shape index (κ2) is 34.8. The lowest BCUT2D eigenvalue weighted by atomic mass is 9.86. The van der Waals surface area contributed by atoms with Gasteiger partial charge in [0.1, 0.15) is 41.2 Å². The zero-order chi connectivity index (χ0) is 68.3. The quantitative estimate of drug-likeness (QED) is 0.0238. The molecule has 0 saturated heterocycles. The number of aliphatic hydroxyl groups is 1. The van der Waals surface area contributed by atoms with Gasteiger partial charge in [-0.05, 0) is 205 Å². The molecule has 0 fully saturated rings. The van der Waals surface area contributed by atoms with E-state index < -0.39 is 6.73 Å². The van der Waals surface area contributed by atoms with E-state index in [1.807, 2.05) is 85.8 Å². The minimum Gasteiger partial charge on any atom is -0.508 e. The predicted octanol–water partition coefficient (Wildman–Crippen LogP) is 21.4. The van der Waals surface area contributed by atoms with Gasteiger partial charge in [-0.25, -0.2) is 0 Å². The van der Waals surface area contributed by atoms with Gasteiger partial charge in [0.05, 0.1) is 11.3 Å². The normalized spacial score (nSPS) is 11.5. The van der Waals surface area contributed by atoms with E-state index in [0.29, 0.717) is 62.8 Å². The van der Waals surface area contributed by atoms with Crippen molar-refractivity contribution in [2.45, 2.75) is 216 Å². The van der Waals surface area contributed by atoms with Crippen LogP contribution in [0.4, 0.5) is 11.4 Å². The van der Waals surface area contributed by atoms with Gasteiger partial charge < -0.3 is 30.1 Å². The SMILES string of the molecule is C=c1c(C(=O)Nc2c(C(C)C)cccc2C(C)C)cc(Oc2ccccc2CCCCCCCCc2ccccc2O)c(-c2c(Oc3ccccc3CCCCCCCCc3ccccc3O)cc(C(=O)N(CO)c3c(C(C)C)cccc3C(C)C)c(C)c2CC)c1=C(C)C. The molecule has 4 N–H and O–H groups in total. The average Bonchev–Trinajstić information content (AvgIpc) is 0.738. The number of para-hydroxylation sites is 6. The number of aliphatic hydroxyl groups excluding tert-OH is 1. The Morgan fingerprint density at radius 3 is 1.27 bits per heavy atom. The number of anilines is 2. The summed E-state index contributed by atoms with van der Waals surface area (Å²) in [4.78, 5) is 33.0. The van der Waals surface area contributed by atoms with Gasteiger partial charge in [0.2, 0.25) is 0 Å². The van der Waals surface area contributed by atoms with Crippen molar-refractivity contribution >= 4 is 35.3 Å². The Morgan fingerprint density at radius 2 is 0.863 bits per heavy atom. The van der Waals surface area contributed by atoms with E-state index in [2.05, 4.69) is 136 Å². The summed E-state index contributed by atoms with van der Waals surface area (Å²) in [5, 5.41) is 36.9. The molecule has 0 aliphatic rings. The highest BCUT2D eigenvalue weighted by Crippen LogP contribution is 2.46. The van der Waals surface area contributed by atoms with Crippen LogP contribution in [0.5, 0.6) is 34.5 Å². The van der Waals surface area contributed by atoms with Gasteiger partial charge in [-0.15, -0.1) is 0 Å². The van der Waals surface area contributed by atoms with Crippen molar-refractivity contribution in [1.29, 1.82) is 0 Å². The first-order valence-corrected chi connectivity index (χ1v) is 35.3. The first-order chi connectivity index (χ1) is 45.7. The number of amides is 2. The molecule has 0 spiro atoms. The first-order valence-electron chi connectivity index (χ1n) is 35.3. The van der Waals surface area contributed by atoms with Gasteiger partial charge in [-0.1, -0.05) is 235 Å². The van der Waals surface area contributed by atoms with Gasteiger partial charge >= 0.3 is 0 Å². The monoisotopic (exact) mass is 1280 g/mol. The van der Waals surface area contributed by atoms with Crippen LogP contribution in [0, 0.1) is 6.92 Å². The summed E-state index contributed by atoms with van der Waals surface area (Å²) in [6.07, 6.45) is 16.4. The lowest BCUT2D eigenvalue weighted by Gasteiger charge is -2.30. The number of unbranched alkanes of at least 4 members (excludes halogenated alkanes) is 10. The maximum atomic E-state index is 15.9. The van der Waals surface area contributed by atoms with E-state index in [1.165, 1.54) is 0 Å². The van der Waals surface area contributed by atoms with Crippen LogP contribution in [0.1, 0.15) is 253 Å². The summed E-state index contributed by atoms with van der Waals surface area (Å²) >= 11 is 0. The zero-order valence-electron chi connectivity index (χ0n) is 59.0. The molecule has 0 aliphatic carbocycles. The minimum atomic E-state index is -0.540. The Morgan fingerprint density at radius 1 is 0.484 bits per heavy atom. The fraction of sp³-hybridized carbons (Fsp3) is 0.395. The number of nitrogens with one attached hydrogen (secondary N) is 1. The van der Waals surface area contributed by atoms with Crippen molar-refractivity contribution in [3.05, 3.63) is 223 Å². The van der Waals surface area contributed by atoms with Gasteiger partial charge in [0, 0.05) is 22.4 Å². The number of carbonyl (C=O) groups excluding carboxylic acids is 2. The van der Waals surface area contributed by atoms with Crippen LogP contribution in [0.25, 0.3) is 23.3 Å². The number of carbonyl (C=O) groups is 2. The van der Waals surface area contributed by atoms with Crippen molar-refractivity contribution in [2.75, 3.05) is 16.9 Å². The van der Waals surface area contributed by atoms with Gasteiger partial charge in [0.15, 0.2) is 0 Å². The summed E-state index contributed by atoms with van der Waals surface area (Å²) in [5.41, 5.74) is 14.4. The third-order valence-corrected chi connectivity index (χ3v) is 18.9. The van der Waals surface area contributed by atoms with Gasteiger partial charge in [0.25, 0.3) is 11.8 Å². The second-order valence-corrected chi connectivity index (χ2v) is 27.4. The molecule has 0 atom stereocenters. The summed E-state index contributed by atoms with van der Waals surface area (Å²) in [6, 6.07) is 47.8. The fourth-order valence-corrected chi connectivity index (χ4v) is 13.7. The molecular formula is C86H106N2O7. The highest BCUT2D eigenvalue weighted by molar-refractivity contribution is 6.10. The molecule has 0 bridgehead atoms. The third-order valence-electron chi connectivity index (χ3n) is 18.9. The Balaban J connectivity index is 1.26. The summed E-state index contributed by atoms with van der Waals surface area (Å²) < 4.78 is 15.0. The number of rotatable bonds is 33. The molecule has 2 amide bonds. The number of benzene rings is 8. The summed E-state index contributed by atoms with van der Waals surface area (Å²) in [6.45, 7) is 29.6. The molecule has 0 unspecified atom stereocenters. The predicted molar refractivity (Wildman–Crippen MR) is 396 cm³/mol. The van der Waals surface area contributed by atoms with Crippen LogP contribution in [-0.2, 0) is 32.1 Å². The number of aromatic hydroxyl groups is 2. The highest BCUT2D eigenvalue weighted by Gasteiger charge is 2.32. The molecule has 9 heteroatoms. The van der Waals surface area contributed by atoms with Crippen LogP contribution in [0.15, 0.2) is 146 Å². The second-order valence-electron chi connectivity index (χ2n) is 27.4. The van der Waals surface area contributed by atoms with Crippen LogP contribution in [0.3, 0.4) is 0 Å². The van der Waals surface area contributed by atoms with E-state index in [1.54, 1.807) is 17.0 Å². The molecule has 0 aromatic heterocycles. The van der Waals surface area contributed by atoms with Crippen molar-refractivity contribution in [2.24, 2.45) is 0 Å². The molecule has 0 heterocycles. The van der Waals surface area contributed by atoms with Crippen molar-refractivity contribution < 1.29 is 34.4 Å². The number of phenols is 2. The van der Waals surface area contributed by atoms with Crippen LogP contribution in [0.2, 0.25) is 0 Å². The number of phenolic OH excluding ortho intramolecular Hbond substituents is 2. The van der Waals surface area contributed by atoms with Crippen molar-refractivity contribution in [1.82, 2.24) is 0 Å². The minimum absolute atomic E-state index is 0.0585. The van der Waals surface area contributed by atoms with Gasteiger partial charge in [-0.3, -0.25) is 14.5 Å². The topological polar surface area (TPSA) is 129 Å². The standard InChI is InChI=1S/C86H106N2O7/c1-14-67-61(12)73(86(93)88(55-89)84-70(58(6)7)47-36-48-71(84)59(8)9)54-78(94-76-51-33-29-43-65(76)41-25-21-17-15-19-23-37-63-39-27-31-49-74(63)90)81(67)82-79(95-77-52-34-30-44-66(77)42-26-22-18-16-20-24-38-64-40-28-32-50-75(64)91)53-72(62(13)80(82)60(10)11)85(92)87-83-68(56(2)3)45-35-46-69(83)57(4)5/h27-36,39-40,43-54,56-59,89-91H,13-26,37-38,41-42,55H2,1-12H3,(H,87,92). The maximum Gasteiger partial charge on any atom is 0.260 e. The largest absolute Gasteiger partial charge is 0.508 e. The van der Waals surface area contributed by atoms with Crippen molar-refractivity contribution in [3.8, 4) is 45.6 Å². The lowest BCUT2D eigenvalue weighted by Crippen LogP contribution is -2.36. The smallest absolute Gasteiger partial charge is 0.260 e. The number of hydrogen-bond donors (Lipinski definition) is 4. The van der Waals surface area contributed by atoms with Crippen LogP contribution in [-0.4, -0.2) is 33.9 Å². The number of nitrogens with zero attached hydrogens (tertiary/aromatic N) is 1. The lowest BCUT2D eigenvalue weighted by molar-refractivity contribution is 0.0957. The molecule has 0 saturated carbocycles. The fourth-order valence-electron chi connectivity index (χ4n) is 13.7. The average molecular weight is 1280 g/mol. The van der Waals surface area contributed by atoms with Crippen molar-refractivity contribution in [3.63, 3.8) is 0 Å². The highest BCUT2D eigenvalue weighted by atomic mass is 16.5. The summed E-state index contributed by atoms with van der Waals surface area (Å²) in [7, 11) is 0. The molecule has 8 aromatic rings. The van der Waals surface area contributed by atoms with E-state index in [9.17, 15) is 15.3 Å². The molecule has 95 heavy (non-hydrogen) atoms. The van der Waals surface area contributed by atoms with E-state index in [0.717, 1.165) is 186 Å². The number of aryl methyl sites for hydroxylation is 4. The Hall–Kier alpha value is -8.40. The number of hydrogen-bond acceptors (Lipinski definition) is 7. The summed E-state index contributed by atoms with van der Waals surface area (Å²) in [5.74, 6) is 2.73. The zero-order valence-corrected chi connectivity index (χ0v) is 59.0. The van der Waals surface area contributed by atoms with E-state index >= 15 is 9.59 Å². The first kappa shape index (κ1) is 72.4. The number of ether oxygens (including phenoxy) is 2. The third kappa shape index (κ3) is 18.1. The Bertz CT molecular complexity index is 3970. The molecule has 8 aromatic carbocycles. The molecule has 0 radical (unpaired) electrons. The molecule has 502 valence electrons. The molecule has 0 aliphatic heterocycles. The van der Waals surface area contributed by atoms with Gasteiger partial charge in [-0.2, -0.15) is 0 Å². The molecule has 8 rings (SSSR count). The van der Waals surface area contributed by atoms with Crippen LogP contribution < -0.4 is 30.1 Å². The molecular weight excluding hydrogens is 1170 g/mol. The maximum absolute atomic E-state index is 15.9. The molecule has 9 nitrogen and oxygen atoms in total. The Kier molecular flexibility index (Phi) is 26.6. The Labute approximate surface area is 568 Å². The van der Waals surface area contributed by atoms with Crippen LogP contribution >= 0.6 is 0 Å². The van der Waals surface area contributed by atoms with E-state index in [4.69, 9.17) is 16.1 Å².